The molecule has 0 amide bonds. The molecule has 4 heteroatoms. The third kappa shape index (κ3) is 3.46. The van der Waals surface area contributed by atoms with E-state index in [1.165, 1.54) is 12.0 Å². The molecule has 2 atom stereocenters. The normalized spacial score (nSPS) is 25.6. The number of aliphatic hydroxyl groups excluding tert-OH is 1. The maximum absolute atomic E-state index is 9.84. The van der Waals surface area contributed by atoms with Gasteiger partial charge in [-0.25, -0.2) is 0 Å². The van der Waals surface area contributed by atoms with Crippen molar-refractivity contribution in [1.29, 1.82) is 0 Å². The zero-order valence-electron chi connectivity index (χ0n) is 11.1. The summed E-state index contributed by atoms with van der Waals surface area (Å²) in [4.78, 5) is 0. The average Bonchev–Trinajstić information content (AvgIpc) is 2.64. The zero-order chi connectivity index (χ0) is 12.9. The zero-order valence-corrected chi connectivity index (χ0v) is 11.1. The maximum atomic E-state index is 9.84. The Labute approximate surface area is 104 Å². The Morgan fingerprint density at radius 2 is 2.35 bits per heavy atom. The van der Waals surface area contributed by atoms with Gasteiger partial charge < -0.3 is 9.84 Å². The highest BCUT2D eigenvalue weighted by Gasteiger charge is 2.36. The molecule has 17 heavy (non-hydrogen) atoms. The van der Waals surface area contributed by atoms with Gasteiger partial charge in [-0.2, -0.15) is 5.10 Å². The number of hydrazone groups is 1. The lowest BCUT2D eigenvalue weighted by Gasteiger charge is -2.34. The van der Waals surface area contributed by atoms with E-state index in [1.54, 1.807) is 0 Å². The lowest BCUT2D eigenvalue weighted by molar-refractivity contribution is 0.0213. The van der Waals surface area contributed by atoms with Gasteiger partial charge in [0.2, 0.25) is 0 Å². The van der Waals surface area contributed by atoms with Crippen LogP contribution in [-0.2, 0) is 4.74 Å². The van der Waals surface area contributed by atoms with E-state index >= 15 is 0 Å². The molecule has 1 aliphatic heterocycles. The number of ether oxygens (including phenoxy) is 1. The van der Waals surface area contributed by atoms with Crippen LogP contribution in [0.15, 0.2) is 17.9 Å². The molecular formula is C13H24N2O2. The minimum atomic E-state index is -0.529. The number of hydrogen-bond donors (Lipinski definition) is 1. The van der Waals surface area contributed by atoms with Gasteiger partial charge in [0.15, 0.2) is 0 Å². The average molecular weight is 240 g/mol. The van der Waals surface area contributed by atoms with Crippen LogP contribution in [0.4, 0.5) is 0 Å². The first-order valence-corrected chi connectivity index (χ1v) is 6.30. The van der Waals surface area contributed by atoms with Crippen molar-refractivity contribution in [2.45, 2.75) is 51.7 Å². The van der Waals surface area contributed by atoms with Crippen LogP contribution in [0.1, 0.15) is 40.0 Å². The fraction of sp³-hybridized carbons (Fsp3) is 0.769. The predicted octanol–water partition coefficient (Wildman–Crippen LogP) is 2.15. The van der Waals surface area contributed by atoms with Gasteiger partial charge in [-0.05, 0) is 19.8 Å². The van der Waals surface area contributed by atoms with Crippen LogP contribution in [0.5, 0.6) is 0 Å². The van der Waals surface area contributed by atoms with Crippen molar-refractivity contribution in [3.63, 3.8) is 0 Å². The van der Waals surface area contributed by atoms with Crippen LogP contribution in [0.3, 0.4) is 0 Å². The number of nitrogens with zero attached hydrogens (tertiary/aromatic N) is 2. The Morgan fingerprint density at radius 1 is 1.65 bits per heavy atom. The molecule has 1 heterocycles. The molecule has 98 valence electrons. The summed E-state index contributed by atoms with van der Waals surface area (Å²) in [5, 5.41) is 16.4. The van der Waals surface area contributed by atoms with E-state index in [-0.39, 0.29) is 12.1 Å². The van der Waals surface area contributed by atoms with Crippen molar-refractivity contribution in [2.75, 3.05) is 13.2 Å². The molecular weight excluding hydrogens is 216 g/mol. The Bertz CT molecular complexity index is 291. The Kier molecular flexibility index (Phi) is 5.00. The molecule has 0 aromatic rings. The molecule has 0 spiro atoms. The summed E-state index contributed by atoms with van der Waals surface area (Å²) in [7, 11) is 0. The third-order valence-electron chi connectivity index (χ3n) is 3.43. The topological polar surface area (TPSA) is 45.1 Å². The number of β-amino-alcohol motifs (C(OH)–C–C–N with tert-alkyl or cyclic N) is 1. The standard InChI is InChI=1S/C13H24N2O2/c1-5-11-8-13(4,6-2)15(14-11)9-12(16)10-17-7-3/h7,12,16H,3,5-6,8-10H2,1-2,4H3. The van der Waals surface area contributed by atoms with E-state index in [1.807, 2.05) is 5.01 Å². The molecule has 0 aromatic carbocycles. The highest BCUT2D eigenvalue weighted by molar-refractivity contribution is 5.86. The fourth-order valence-electron chi connectivity index (χ4n) is 2.05. The van der Waals surface area contributed by atoms with Gasteiger partial charge >= 0.3 is 0 Å². The van der Waals surface area contributed by atoms with Gasteiger partial charge in [-0.15, -0.1) is 0 Å². The first-order chi connectivity index (χ1) is 8.05. The van der Waals surface area contributed by atoms with E-state index in [0.717, 1.165) is 19.3 Å². The van der Waals surface area contributed by atoms with Crippen LogP contribution in [0, 0.1) is 0 Å². The van der Waals surface area contributed by atoms with Crippen molar-refractivity contribution in [2.24, 2.45) is 5.10 Å². The van der Waals surface area contributed by atoms with Crippen molar-refractivity contribution >= 4 is 5.71 Å². The number of rotatable bonds is 7. The third-order valence-corrected chi connectivity index (χ3v) is 3.43. The number of aliphatic hydroxyl groups is 1. The second kappa shape index (κ2) is 6.05. The van der Waals surface area contributed by atoms with E-state index in [9.17, 15) is 5.11 Å². The van der Waals surface area contributed by atoms with Gasteiger partial charge in [-0.1, -0.05) is 20.4 Å². The van der Waals surface area contributed by atoms with Gasteiger partial charge in [0.1, 0.15) is 12.7 Å². The van der Waals surface area contributed by atoms with Crippen molar-refractivity contribution in [3.8, 4) is 0 Å². The van der Waals surface area contributed by atoms with Crippen molar-refractivity contribution in [3.05, 3.63) is 12.8 Å². The predicted molar refractivity (Wildman–Crippen MR) is 69.9 cm³/mol. The monoisotopic (exact) mass is 240 g/mol. The molecule has 0 aliphatic carbocycles. The number of hydrogen-bond acceptors (Lipinski definition) is 4. The summed E-state index contributed by atoms with van der Waals surface area (Å²) in [5.74, 6) is 0. The fourth-order valence-corrected chi connectivity index (χ4v) is 2.05. The van der Waals surface area contributed by atoms with Gasteiger partial charge in [0.25, 0.3) is 0 Å². The molecule has 0 aromatic heterocycles. The van der Waals surface area contributed by atoms with Crippen LogP contribution < -0.4 is 0 Å². The highest BCUT2D eigenvalue weighted by atomic mass is 16.5. The van der Waals surface area contributed by atoms with Crippen molar-refractivity contribution in [1.82, 2.24) is 5.01 Å². The molecule has 0 saturated carbocycles. The van der Waals surface area contributed by atoms with Crippen LogP contribution in [0.25, 0.3) is 0 Å². The summed E-state index contributed by atoms with van der Waals surface area (Å²) < 4.78 is 5.00. The molecule has 1 aliphatic rings. The minimum absolute atomic E-state index is 0.0422. The summed E-state index contributed by atoms with van der Waals surface area (Å²) in [5.41, 5.74) is 1.26. The second-order valence-corrected chi connectivity index (χ2v) is 4.78. The lowest BCUT2D eigenvalue weighted by atomic mass is 9.92. The summed E-state index contributed by atoms with van der Waals surface area (Å²) in [6, 6.07) is 0. The quantitative estimate of drug-likeness (QED) is 0.693. The van der Waals surface area contributed by atoms with E-state index in [0.29, 0.717) is 6.54 Å². The van der Waals surface area contributed by atoms with E-state index < -0.39 is 6.10 Å². The molecule has 1 N–H and O–H groups in total. The van der Waals surface area contributed by atoms with Crippen LogP contribution in [0.2, 0.25) is 0 Å². The van der Waals surface area contributed by atoms with E-state index in [4.69, 9.17) is 4.74 Å². The Hall–Kier alpha value is -1.03. The van der Waals surface area contributed by atoms with Crippen LogP contribution in [-0.4, -0.2) is 40.6 Å². The largest absolute Gasteiger partial charge is 0.499 e. The summed E-state index contributed by atoms with van der Waals surface area (Å²) in [6.45, 7) is 10.7. The molecule has 1 rings (SSSR count). The first kappa shape index (κ1) is 14.0. The molecule has 4 nitrogen and oxygen atoms in total. The lowest BCUT2D eigenvalue weighted by Crippen LogP contribution is -2.43. The summed E-state index contributed by atoms with van der Waals surface area (Å²) >= 11 is 0. The smallest absolute Gasteiger partial charge is 0.115 e. The maximum Gasteiger partial charge on any atom is 0.115 e. The minimum Gasteiger partial charge on any atom is -0.499 e. The van der Waals surface area contributed by atoms with Crippen molar-refractivity contribution < 1.29 is 9.84 Å². The molecule has 0 saturated heterocycles. The first-order valence-electron chi connectivity index (χ1n) is 6.30. The summed E-state index contributed by atoms with van der Waals surface area (Å²) in [6.07, 6.45) is 3.82. The highest BCUT2D eigenvalue weighted by Crippen LogP contribution is 2.31. The van der Waals surface area contributed by atoms with Crippen LogP contribution >= 0.6 is 0 Å². The molecule has 2 unspecified atom stereocenters. The molecule has 0 bridgehead atoms. The Morgan fingerprint density at radius 3 is 2.88 bits per heavy atom. The van der Waals surface area contributed by atoms with Gasteiger partial charge in [-0.3, -0.25) is 5.01 Å². The SMILES string of the molecule is C=COCC(O)CN1N=C(CC)CC1(C)CC. The Balaban J connectivity index is 2.60. The molecule has 0 radical (unpaired) electrons. The van der Waals surface area contributed by atoms with E-state index in [2.05, 4.69) is 32.5 Å². The molecule has 0 fully saturated rings. The second-order valence-electron chi connectivity index (χ2n) is 4.78. The van der Waals surface area contributed by atoms with Gasteiger partial charge in [0, 0.05) is 12.1 Å². The van der Waals surface area contributed by atoms with Gasteiger partial charge in [0.05, 0.1) is 18.3 Å².